The standard InChI is InChI=1S/C17H10F6IN4O/c18-10-1-2-12(24)11(5-10)14(29)28-4-3-16(19,20)13(28)8-27-15-25-6-9(7-26-15)17(21,22)23/h1-7H,8H2,(H,25,26,27)/q+1. The first-order valence-corrected chi connectivity index (χ1v) is 8.92. The summed E-state index contributed by atoms with van der Waals surface area (Å²) >= 11 is 1.77. The quantitative estimate of drug-likeness (QED) is 0.370. The Hall–Kier alpha value is -2.51. The number of allylic oxidation sites excluding steroid dienone is 1. The maximum absolute atomic E-state index is 14.2. The molecule has 3 rings (SSSR count). The zero-order valence-electron chi connectivity index (χ0n) is 14.1. The molecule has 1 aliphatic rings. The van der Waals surface area contributed by atoms with Gasteiger partial charge in [-0.2, -0.15) is 22.0 Å². The van der Waals surface area contributed by atoms with Crippen LogP contribution in [0.3, 0.4) is 0 Å². The SMILES string of the molecule is O=C(c1cc(F)ccc1I)[N+]1=C(CNc2ncc(C(F)(F)F)cn2)C(F)(F)C=C1. The molecule has 1 N–H and O–H groups in total. The van der Waals surface area contributed by atoms with Crippen LogP contribution >= 0.6 is 22.6 Å². The van der Waals surface area contributed by atoms with Crippen LogP contribution in [0.15, 0.2) is 42.9 Å². The van der Waals surface area contributed by atoms with Crippen LogP contribution in [-0.2, 0) is 6.18 Å². The Morgan fingerprint density at radius 1 is 1.21 bits per heavy atom. The highest BCUT2D eigenvalue weighted by Gasteiger charge is 2.48. The van der Waals surface area contributed by atoms with Gasteiger partial charge < -0.3 is 5.32 Å². The summed E-state index contributed by atoms with van der Waals surface area (Å²) in [4.78, 5) is 19.5. The second-order valence-electron chi connectivity index (χ2n) is 5.83. The monoisotopic (exact) mass is 527 g/mol. The molecule has 0 unspecified atom stereocenters. The molecule has 29 heavy (non-hydrogen) atoms. The van der Waals surface area contributed by atoms with Gasteiger partial charge in [-0.15, -0.1) is 4.58 Å². The minimum Gasteiger partial charge on any atom is -0.344 e. The van der Waals surface area contributed by atoms with Gasteiger partial charge in [-0.05, 0) is 40.8 Å². The van der Waals surface area contributed by atoms with Crippen LogP contribution in [-0.4, -0.2) is 38.6 Å². The molecule has 0 saturated carbocycles. The van der Waals surface area contributed by atoms with Crippen molar-refractivity contribution in [3.63, 3.8) is 0 Å². The van der Waals surface area contributed by atoms with Crippen LogP contribution in [0.4, 0.5) is 32.3 Å². The van der Waals surface area contributed by atoms with E-state index in [-0.39, 0.29) is 11.5 Å². The molecule has 0 atom stereocenters. The second-order valence-corrected chi connectivity index (χ2v) is 6.99. The average molecular weight is 527 g/mol. The molecule has 0 aliphatic carbocycles. The third-order valence-corrected chi connectivity index (χ3v) is 4.82. The van der Waals surface area contributed by atoms with Crippen LogP contribution < -0.4 is 5.32 Å². The summed E-state index contributed by atoms with van der Waals surface area (Å²) in [7, 11) is 0. The van der Waals surface area contributed by atoms with E-state index in [1.165, 1.54) is 6.07 Å². The van der Waals surface area contributed by atoms with E-state index in [0.29, 0.717) is 26.6 Å². The molecule has 12 heteroatoms. The van der Waals surface area contributed by atoms with Crippen LogP contribution in [0.1, 0.15) is 15.9 Å². The molecule has 0 saturated heterocycles. The Kier molecular flexibility index (Phi) is 5.65. The molecule has 5 nitrogen and oxygen atoms in total. The Morgan fingerprint density at radius 2 is 1.86 bits per heavy atom. The molecule has 0 spiro atoms. The maximum Gasteiger partial charge on any atom is 0.426 e. The molecule has 0 fully saturated rings. The Labute approximate surface area is 173 Å². The van der Waals surface area contributed by atoms with Gasteiger partial charge in [0.15, 0.2) is 6.20 Å². The van der Waals surface area contributed by atoms with Gasteiger partial charge in [0.1, 0.15) is 17.9 Å². The number of nitrogens with zero attached hydrogens (tertiary/aromatic N) is 3. The lowest BCUT2D eigenvalue weighted by molar-refractivity contribution is -0.352. The van der Waals surface area contributed by atoms with E-state index in [2.05, 4.69) is 15.3 Å². The predicted molar refractivity (Wildman–Crippen MR) is 98.3 cm³/mol. The first kappa shape index (κ1) is 21.2. The lowest BCUT2D eigenvalue weighted by atomic mass is 10.2. The fourth-order valence-electron chi connectivity index (χ4n) is 2.43. The molecule has 2 aromatic rings. The summed E-state index contributed by atoms with van der Waals surface area (Å²) in [5.74, 6) is -5.43. The van der Waals surface area contributed by atoms with E-state index in [9.17, 15) is 31.1 Å². The van der Waals surface area contributed by atoms with E-state index < -0.39 is 41.6 Å². The van der Waals surface area contributed by atoms with Gasteiger partial charge in [0.05, 0.1) is 11.6 Å². The lowest BCUT2D eigenvalue weighted by Crippen LogP contribution is -2.37. The highest BCUT2D eigenvalue weighted by molar-refractivity contribution is 14.1. The van der Waals surface area contributed by atoms with Gasteiger partial charge in [0.25, 0.3) is 5.71 Å². The summed E-state index contributed by atoms with van der Waals surface area (Å²) < 4.78 is 80.5. The zero-order valence-corrected chi connectivity index (χ0v) is 16.3. The van der Waals surface area contributed by atoms with Gasteiger partial charge in [-0.3, -0.25) is 0 Å². The molecule has 152 valence electrons. The largest absolute Gasteiger partial charge is 0.426 e. The Balaban J connectivity index is 1.87. The highest BCUT2D eigenvalue weighted by Crippen LogP contribution is 2.28. The van der Waals surface area contributed by atoms with Crippen LogP contribution in [0.2, 0.25) is 0 Å². The maximum atomic E-state index is 14.2. The van der Waals surface area contributed by atoms with Crippen molar-refractivity contribution in [3.8, 4) is 0 Å². The number of anilines is 1. The number of hydrogen-bond acceptors (Lipinski definition) is 4. The first-order chi connectivity index (χ1) is 13.5. The van der Waals surface area contributed by atoms with E-state index in [4.69, 9.17) is 0 Å². The zero-order chi connectivity index (χ0) is 21.4. The molecular formula is C17H10F6IN4O+. The molecule has 2 heterocycles. The smallest absolute Gasteiger partial charge is 0.344 e. The number of carbonyl (C=O) groups is 1. The van der Waals surface area contributed by atoms with E-state index in [1.807, 2.05) is 0 Å². The lowest BCUT2D eigenvalue weighted by Gasteiger charge is -2.10. The molecule has 1 aromatic carbocycles. The third kappa shape index (κ3) is 4.57. The number of hydrogen-bond donors (Lipinski definition) is 1. The number of halogens is 7. The predicted octanol–water partition coefficient (Wildman–Crippen LogP) is 4.11. The van der Waals surface area contributed by atoms with Crippen molar-refractivity contribution in [1.82, 2.24) is 9.97 Å². The Morgan fingerprint density at radius 3 is 2.48 bits per heavy atom. The molecule has 1 amide bonds. The highest BCUT2D eigenvalue weighted by atomic mass is 127. The van der Waals surface area contributed by atoms with Gasteiger partial charge in [-0.1, -0.05) is 0 Å². The number of amides is 1. The summed E-state index contributed by atoms with van der Waals surface area (Å²) in [5.41, 5.74) is -1.91. The van der Waals surface area contributed by atoms with Crippen molar-refractivity contribution in [2.75, 3.05) is 11.9 Å². The van der Waals surface area contributed by atoms with Crippen LogP contribution in [0, 0.1) is 9.39 Å². The molecule has 0 radical (unpaired) electrons. The van der Waals surface area contributed by atoms with Crippen LogP contribution in [0.25, 0.3) is 0 Å². The summed E-state index contributed by atoms with van der Waals surface area (Å²) in [5, 5.41) is 2.37. The van der Waals surface area contributed by atoms with Gasteiger partial charge in [0, 0.05) is 16.0 Å². The van der Waals surface area contributed by atoms with Crippen molar-refractivity contribution in [1.29, 1.82) is 0 Å². The summed E-state index contributed by atoms with van der Waals surface area (Å²) in [6.45, 7) is -0.636. The second kappa shape index (κ2) is 7.72. The van der Waals surface area contributed by atoms with Crippen molar-refractivity contribution < 1.29 is 35.7 Å². The minimum atomic E-state index is -4.64. The molecule has 0 bridgehead atoms. The van der Waals surface area contributed by atoms with Gasteiger partial charge >= 0.3 is 18.0 Å². The number of benzene rings is 1. The van der Waals surface area contributed by atoms with Crippen molar-refractivity contribution in [2.45, 2.75) is 12.1 Å². The van der Waals surface area contributed by atoms with Crippen LogP contribution in [0.5, 0.6) is 0 Å². The van der Waals surface area contributed by atoms with E-state index >= 15 is 0 Å². The minimum absolute atomic E-state index is 0.115. The normalized spacial score (nSPS) is 15.7. The molecule has 1 aliphatic heterocycles. The van der Waals surface area contributed by atoms with Crippen molar-refractivity contribution in [3.05, 3.63) is 63.4 Å². The number of rotatable bonds is 4. The summed E-state index contributed by atoms with van der Waals surface area (Å²) in [6, 6.07) is 3.38. The average Bonchev–Trinajstić information content (AvgIpc) is 2.95. The van der Waals surface area contributed by atoms with Gasteiger partial charge in [0.2, 0.25) is 5.95 Å². The number of nitrogens with one attached hydrogen (secondary N) is 1. The van der Waals surface area contributed by atoms with E-state index in [1.54, 1.807) is 22.6 Å². The number of aromatic nitrogens is 2. The van der Waals surface area contributed by atoms with Crippen molar-refractivity contribution in [2.24, 2.45) is 0 Å². The third-order valence-electron chi connectivity index (χ3n) is 3.88. The van der Waals surface area contributed by atoms with Gasteiger partial charge in [-0.25, -0.2) is 19.2 Å². The molecule has 1 aromatic heterocycles. The van der Waals surface area contributed by atoms with Crippen molar-refractivity contribution >= 4 is 40.2 Å². The topological polar surface area (TPSA) is 57.9 Å². The first-order valence-electron chi connectivity index (χ1n) is 7.84. The summed E-state index contributed by atoms with van der Waals surface area (Å²) in [6.07, 6.45) is -2.29. The van der Waals surface area contributed by atoms with E-state index in [0.717, 1.165) is 18.3 Å². The Bertz CT molecular complexity index is 1020. The number of alkyl halides is 5. The molecular weight excluding hydrogens is 517 g/mol. The number of carbonyl (C=O) groups excluding carboxylic acids is 1. The fraction of sp³-hybridized carbons (Fsp3) is 0.176. The fourth-order valence-corrected chi connectivity index (χ4v) is 2.99.